The lowest BCUT2D eigenvalue weighted by Gasteiger charge is -2.14. The molecular weight excluding hydrogens is 364 g/mol. The summed E-state index contributed by atoms with van der Waals surface area (Å²) in [5.74, 6) is 0.941. The number of nitrogens with one attached hydrogen (secondary N) is 1. The van der Waals surface area contributed by atoms with Crippen molar-refractivity contribution in [2.75, 3.05) is 32.4 Å². The third-order valence-electron chi connectivity index (χ3n) is 3.17. The van der Waals surface area contributed by atoms with Crippen molar-refractivity contribution in [3.8, 4) is 17.2 Å². The molecule has 0 saturated carbocycles. The Balaban J connectivity index is 2.35. The number of amides is 1. The Morgan fingerprint density at radius 1 is 1.04 bits per heavy atom. The van der Waals surface area contributed by atoms with Crippen LogP contribution in [0.2, 0.25) is 0 Å². The number of rotatable bonds is 5. The van der Waals surface area contributed by atoms with E-state index in [0.717, 1.165) is 0 Å². The summed E-state index contributed by atoms with van der Waals surface area (Å²) >= 11 is 3.36. The predicted octanol–water partition coefficient (Wildman–Crippen LogP) is 3.31. The molecular formula is C16H17BrN2O4. The van der Waals surface area contributed by atoms with E-state index in [4.69, 9.17) is 19.9 Å². The standard InChI is InChI=1S/C16H17BrN2O4/c1-21-13-6-9(7-14(22-2)15(13)23-3)16(20)19-12-5-4-10(18)8-11(12)17/h4-8H,18H2,1-3H3,(H,19,20). The number of benzene rings is 2. The molecule has 2 rings (SSSR count). The fourth-order valence-electron chi connectivity index (χ4n) is 2.04. The third kappa shape index (κ3) is 3.68. The number of hydrogen-bond acceptors (Lipinski definition) is 5. The van der Waals surface area contributed by atoms with E-state index in [2.05, 4.69) is 21.2 Å². The van der Waals surface area contributed by atoms with Gasteiger partial charge in [-0.15, -0.1) is 0 Å². The summed E-state index contributed by atoms with van der Waals surface area (Å²) in [6.07, 6.45) is 0. The number of anilines is 2. The number of carbonyl (C=O) groups excluding carboxylic acids is 1. The summed E-state index contributed by atoms with van der Waals surface area (Å²) in [7, 11) is 4.50. The molecule has 0 heterocycles. The fraction of sp³-hybridized carbons (Fsp3) is 0.188. The number of hydrogen-bond donors (Lipinski definition) is 2. The van der Waals surface area contributed by atoms with Crippen LogP contribution in [0.4, 0.5) is 11.4 Å². The number of carbonyl (C=O) groups is 1. The molecule has 1 amide bonds. The zero-order valence-corrected chi connectivity index (χ0v) is 14.6. The Morgan fingerprint density at radius 2 is 1.65 bits per heavy atom. The van der Waals surface area contributed by atoms with Gasteiger partial charge in [-0.1, -0.05) is 0 Å². The van der Waals surface area contributed by atoms with Crippen molar-refractivity contribution in [3.05, 3.63) is 40.4 Å². The van der Waals surface area contributed by atoms with E-state index in [0.29, 0.717) is 38.7 Å². The minimum absolute atomic E-state index is 0.310. The highest BCUT2D eigenvalue weighted by Crippen LogP contribution is 2.38. The van der Waals surface area contributed by atoms with E-state index < -0.39 is 0 Å². The van der Waals surface area contributed by atoms with Gasteiger partial charge in [-0.3, -0.25) is 4.79 Å². The van der Waals surface area contributed by atoms with Gasteiger partial charge in [-0.25, -0.2) is 0 Å². The number of ether oxygens (including phenoxy) is 3. The van der Waals surface area contributed by atoms with Gasteiger partial charge in [-0.05, 0) is 46.3 Å². The molecule has 0 radical (unpaired) electrons. The smallest absolute Gasteiger partial charge is 0.255 e. The molecule has 7 heteroatoms. The molecule has 0 unspecified atom stereocenters. The average molecular weight is 381 g/mol. The molecule has 0 bridgehead atoms. The third-order valence-corrected chi connectivity index (χ3v) is 3.82. The van der Waals surface area contributed by atoms with Crippen LogP contribution < -0.4 is 25.3 Å². The number of nitrogens with two attached hydrogens (primary N) is 1. The molecule has 0 fully saturated rings. The van der Waals surface area contributed by atoms with Crippen molar-refractivity contribution in [2.24, 2.45) is 0 Å². The van der Waals surface area contributed by atoms with Gasteiger partial charge in [0.2, 0.25) is 5.75 Å². The Hall–Kier alpha value is -2.41. The quantitative estimate of drug-likeness (QED) is 0.777. The molecule has 2 aromatic carbocycles. The lowest BCUT2D eigenvalue weighted by molar-refractivity contribution is 0.102. The molecule has 122 valence electrons. The summed E-state index contributed by atoms with van der Waals surface area (Å²) in [6, 6.07) is 8.31. The molecule has 0 aliphatic heterocycles. The van der Waals surface area contributed by atoms with E-state index in [-0.39, 0.29) is 5.91 Å². The summed E-state index contributed by atoms with van der Waals surface area (Å²) in [6.45, 7) is 0. The lowest BCUT2D eigenvalue weighted by Crippen LogP contribution is -2.13. The molecule has 3 N–H and O–H groups in total. The zero-order valence-electron chi connectivity index (χ0n) is 13.0. The molecule has 2 aromatic rings. The maximum absolute atomic E-state index is 12.5. The van der Waals surface area contributed by atoms with E-state index >= 15 is 0 Å². The van der Waals surface area contributed by atoms with Crippen LogP contribution in [0.3, 0.4) is 0 Å². The Morgan fingerprint density at radius 3 is 2.13 bits per heavy atom. The highest BCUT2D eigenvalue weighted by molar-refractivity contribution is 9.10. The molecule has 23 heavy (non-hydrogen) atoms. The van der Waals surface area contributed by atoms with E-state index in [1.807, 2.05) is 0 Å². The minimum Gasteiger partial charge on any atom is -0.493 e. The van der Waals surface area contributed by atoms with Gasteiger partial charge in [0.15, 0.2) is 11.5 Å². The monoisotopic (exact) mass is 380 g/mol. The van der Waals surface area contributed by atoms with Gasteiger partial charge in [0.25, 0.3) is 5.91 Å². The van der Waals surface area contributed by atoms with Crippen LogP contribution in [0.1, 0.15) is 10.4 Å². The highest BCUT2D eigenvalue weighted by atomic mass is 79.9. The van der Waals surface area contributed by atoms with Gasteiger partial charge < -0.3 is 25.3 Å². The van der Waals surface area contributed by atoms with E-state index in [9.17, 15) is 4.79 Å². The molecule has 0 saturated heterocycles. The Bertz CT molecular complexity index is 709. The van der Waals surface area contributed by atoms with Crippen molar-refractivity contribution in [2.45, 2.75) is 0 Å². The topological polar surface area (TPSA) is 82.8 Å². The van der Waals surface area contributed by atoms with Gasteiger partial charge in [0, 0.05) is 15.7 Å². The molecule has 6 nitrogen and oxygen atoms in total. The molecule has 0 aliphatic rings. The van der Waals surface area contributed by atoms with Gasteiger partial charge in [0.1, 0.15) is 0 Å². The Kier molecular flexibility index (Phi) is 5.33. The molecule has 0 aliphatic carbocycles. The molecule has 0 aromatic heterocycles. The van der Waals surface area contributed by atoms with Crippen molar-refractivity contribution >= 4 is 33.2 Å². The first-order chi connectivity index (χ1) is 11.0. The largest absolute Gasteiger partial charge is 0.493 e. The van der Waals surface area contributed by atoms with Crippen LogP contribution in [0.25, 0.3) is 0 Å². The van der Waals surface area contributed by atoms with Crippen LogP contribution >= 0.6 is 15.9 Å². The lowest BCUT2D eigenvalue weighted by atomic mass is 10.1. The first kappa shape index (κ1) is 17.0. The van der Waals surface area contributed by atoms with Gasteiger partial charge in [-0.2, -0.15) is 0 Å². The van der Waals surface area contributed by atoms with Crippen LogP contribution in [-0.2, 0) is 0 Å². The zero-order chi connectivity index (χ0) is 17.0. The minimum atomic E-state index is -0.310. The average Bonchev–Trinajstić information content (AvgIpc) is 2.55. The second-order valence-electron chi connectivity index (χ2n) is 4.61. The maximum atomic E-state index is 12.5. The number of halogens is 1. The number of methoxy groups -OCH3 is 3. The summed E-state index contributed by atoms with van der Waals surface area (Å²) in [5, 5.41) is 2.80. The Labute approximate surface area is 142 Å². The van der Waals surface area contributed by atoms with Crippen molar-refractivity contribution in [1.29, 1.82) is 0 Å². The van der Waals surface area contributed by atoms with Crippen LogP contribution in [0, 0.1) is 0 Å². The van der Waals surface area contributed by atoms with E-state index in [1.165, 1.54) is 21.3 Å². The fourth-order valence-corrected chi connectivity index (χ4v) is 2.54. The SMILES string of the molecule is COc1cc(C(=O)Nc2ccc(N)cc2Br)cc(OC)c1OC. The highest BCUT2D eigenvalue weighted by Gasteiger charge is 2.17. The molecule has 0 atom stereocenters. The van der Waals surface area contributed by atoms with Gasteiger partial charge >= 0.3 is 0 Å². The normalized spacial score (nSPS) is 10.1. The second-order valence-corrected chi connectivity index (χ2v) is 5.46. The van der Waals surface area contributed by atoms with Crippen LogP contribution in [0.5, 0.6) is 17.2 Å². The first-order valence-electron chi connectivity index (χ1n) is 6.66. The summed E-state index contributed by atoms with van der Waals surface area (Å²) < 4.78 is 16.4. The van der Waals surface area contributed by atoms with Crippen molar-refractivity contribution in [1.82, 2.24) is 0 Å². The van der Waals surface area contributed by atoms with Gasteiger partial charge in [0.05, 0.1) is 27.0 Å². The van der Waals surface area contributed by atoms with Crippen molar-refractivity contribution in [3.63, 3.8) is 0 Å². The van der Waals surface area contributed by atoms with Crippen molar-refractivity contribution < 1.29 is 19.0 Å². The van der Waals surface area contributed by atoms with Crippen LogP contribution in [0.15, 0.2) is 34.8 Å². The van der Waals surface area contributed by atoms with E-state index in [1.54, 1.807) is 30.3 Å². The molecule has 0 spiro atoms. The summed E-state index contributed by atoms with van der Waals surface area (Å²) in [5.41, 5.74) is 7.27. The maximum Gasteiger partial charge on any atom is 0.255 e. The number of nitrogen functional groups attached to an aromatic ring is 1. The first-order valence-corrected chi connectivity index (χ1v) is 7.45. The second kappa shape index (κ2) is 7.23. The van der Waals surface area contributed by atoms with Crippen LogP contribution in [-0.4, -0.2) is 27.2 Å². The predicted molar refractivity (Wildman–Crippen MR) is 92.6 cm³/mol. The summed E-state index contributed by atoms with van der Waals surface area (Å²) in [4.78, 5) is 12.5.